The van der Waals surface area contributed by atoms with Crippen LogP contribution >= 0.6 is 0 Å². The molecule has 0 saturated heterocycles. The van der Waals surface area contributed by atoms with Crippen LogP contribution < -0.4 is 17.0 Å². The van der Waals surface area contributed by atoms with E-state index in [4.69, 9.17) is 11.6 Å². The number of hydrogen-bond acceptors (Lipinski definition) is 4. The number of nitrogens with zero attached hydrogens (tertiary/aromatic N) is 1. The molecular formula is C14H24N4. The fourth-order valence-corrected chi connectivity index (χ4v) is 2.93. The lowest BCUT2D eigenvalue weighted by atomic mass is 9.78. The molecule has 1 heterocycles. The van der Waals surface area contributed by atoms with Crippen molar-refractivity contribution in [1.29, 1.82) is 0 Å². The van der Waals surface area contributed by atoms with Crippen LogP contribution in [0.25, 0.3) is 0 Å². The van der Waals surface area contributed by atoms with Crippen molar-refractivity contribution in [2.24, 2.45) is 17.7 Å². The third-order valence-corrected chi connectivity index (χ3v) is 4.14. The van der Waals surface area contributed by atoms with Crippen LogP contribution in [0.3, 0.4) is 0 Å². The average molecular weight is 248 g/mol. The second kappa shape index (κ2) is 6.16. The summed E-state index contributed by atoms with van der Waals surface area (Å²) in [6.07, 6.45) is 7.89. The topological polar surface area (TPSA) is 77.0 Å². The van der Waals surface area contributed by atoms with E-state index < -0.39 is 0 Å². The second-order valence-electron chi connectivity index (χ2n) is 5.59. The van der Waals surface area contributed by atoms with Gasteiger partial charge in [-0.15, -0.1) is 0 Å². The highest BCUT2D eigenvalue weighted by Gasteiger charge is 2.25. The molecule has 1 unspecified atom stereocenters. The minimum atomic E-state index is 0.347. The third-order valence-electron chi connectivity index (χ3n) is 4.14. The van der Waals surface area contributed by atoms with E-state index in [0.717, 1.165) is 12.3 Å². The summed E-state index contributed by atoms with van der Waals surface area (Å²) in [5.74, 6) is 7.86. The number of pyridine rings is 1. The summed E-state index contributed by atoms with van der Waals surface area (Å²) in [5.41, 5.74) is 9.92. The van der Waals surface area contributed by atoms with Gasteiger partial charge >= 0.3 is 0 Å². The molecule has 1 saturated carbocycles. The maximum Gasteiger partial charge on any atom is 0.123 e. The zero-order valence-corrected chi connectivity index (χ0v) is 11.1. The Balaban J connectivity index is 1.96. The van der Waals surface area contributed by atoms with Crippen LogP contribution in [0.1, 0.15) is 38.2 Å². The predicted molar refractivity (Wildman–Crippen MR) is 74.6 cm³/mol. The van der Waals surface area contributed by atoms with E-state index in [1.807, 2.05) is 12.1 Å². The zero-order valence-electron chi connectivity index (χ0n) is 11.1. The molecule has 0 aliphatic heterocycles. The third kappa shape index (κ3) is 3.43. The molecule has 5 N–H and O–H groups in total. The highest BCUT2D eigenvalue weighted by atomic mass is 15.2. The number of nitrogens with two attached hydrogens (primary N) is 2. The Hall–Kier alpha value is -1.13. The normalized spacial score (nSPS) is 25.9. The van der Waals surface area contributed by atoms with Crippen LogP contribution in [0.5, 0.6) is 0 Å². The molecule has 1 aliphatic carbocycles. The summed E-state index contributed by atoms with van der Waals surface area (Å²) in [6.45, 7) is 2.34. The van der Waals surface area contributed by atoms with Crippen molar-refractivity contribution in [3.8, 4) is 0 Å². The summed E-state index contributed by atoms with van der Waals surface area (Å²) in [6, 6.07) is 4.31. The van der Waals surface area contributed by atoms with Crippen LogP contribution in [0.15, 0.2) is 18.3 Å². The monoisotopic (exact) mass is 248 g/mol. The van der Waals surface area contributed by atoms with Gasteiger partial charge in [0.2, 0.25) is 0 Å². The first-order valence-electron chi connectivity index (χ1n) is 6.85. The van der Waals surface area contributed by atoms with Gasteiger partial charge in [0.05, 0.1) is 0 Å². The Bertz CT molecular complexity index is 372. The SMILES string of the molecule is CC1CCC(C(Cc2ccnc(N)c2)NN)CC1. The van der Waals surface area contributed by atoms with Gasteiger partial charge in [-0.2, -0.15) is 0 Å². The zero-order chi connectivity index (χ0) is 13.0. The molecule has 1 aromatic rings. The van der Waals surface area contributed by atoms with Crippen LogP contribution in [0.4, 0.5) is 5.82 Å². The predicted octanol–water partition coefficient (Wildman–Crippen LogP) is 1.86. The molecule has 1 fully saturated rings. The fraction of sp³-hybridized carbons (Fsp3) is 0.643. The highest BCUT2D eigenvalue weighted by Crippen LogP contribution is 2.31. The quantitative estimate of drug-likeness (QED) is 0.561. The number of anilines is 1. The molecule has 18 heavy (non-hydrogen) atoms. The van der Waals surface area contributed by atoms with Crippen molar-refractivity contribution in [2.75, 3.05) is 5.73 Å². The van der Waals surface area contributed by atoms with Crippen molar-refractivity contribution in [3.05, 3.63) is 23.9 Å². The summed E-state index contributed by atoms with van der Waals surface area (Å²) >= 11 is 0. The molecule has 0 bridgehead atoms. The maximum absolute atomic E-state index is 5.73. The van der Waals surface area contributed by atoms with Gasteiger partial charge < -0.3 is 5.73 Å². The Morgan fingerprint density at radius 1 is 1.39 bits per heavy atom. The van der Waals surface area contributed by atoms with Crippen molar-refractivity contribution in [2.45, 2.75) is 45.1 Å². The van der Waals surface area contributed by atoms with Crippen molar-refractivity contribution < 1.29 is 0 Å². The van der Waals surface area contributed by atoms with E-state index in [-0.39, 0.29) is 0 Å². The Kier molecular flexibility index (Phi) is 4.55. The standard InChI is InChI=1S/C14H24N4/c1-10-2-4-12(5-3-10)13(18-16)8-11-6-7-17-14(15)9-11/h6-7,9-10,12-13,18H,2-5,8,16H2,1H3,(H2,15,17). The molecule has 2 rings (SSSR count). The molecule has 4 heteroatoms. The van der Waals surface area contributed by atoms with E-state index in [2.05, 4.69) is 17.3 Å². The van der Waals surface area contributed by atoms with Gasteiger partial charge in [-0.05, 0) is 48.8 Å². The summed E-state index contributed by atoms with van der Waals surface area (Å²) in [5, 5.41) is 0. The van der Waals surface area contributed by atoms with Crippen LogP contribution in [0.2, 0.25) is 0 Å². The first kappa shape index (κ1) is 13.3. The van der Waals surface area contributed by atoms with E-state index >= 15 is 0 Å². The van der Waals surface area contributed by atoms with E-state index in [1.54, 1.807) is 6.20 Å². The minimum Gasteiger partial charge on any atom is -0.384 e. The number of hydrogen-bond donors (Lipinski definition) is 3. The van der Waals surface area contributed by atoms with Crippen molar-refractivity contribution in [1.82, 2.24) is 10.4 Å². The van der Waals surface area contributed by atoms with Crippen LogP contribution in [-0.4, -0.2) is 11.0 Å². The second-order valence-corrected chi connectivity index (χ2v) is 5.59. The van der Waals surface area contributed by atoms with Crippen LogP contribution in [-0.2, 0) is 6.42 Å². The van der Waals surface area contributed by atoms with Gasteiger partial charge in [0, 0.05) is 12.2 Å². The van der Waals surface area contributed by atoms with Crippen LogP contribution in [0, 0.1) is 11.8 Å². The van der Waals surface area contributed by atoms with Gasteiger partial charge in [-0.1, -0.05) is 19.8 Å². The number of nitrogen functional groups attached to an aromatic ring is 1. The fourth-order valence-electron chi connectivity index (χ4n) is 2.93. The highest BCUT2D eigenvalue weighted by molar-refractivity contribution is 5.32. The molecule has 1 atom stereocenters. The molecule has 100 valence electrons. The van der Waals surface area contributed by atoms with E-state index in [0.29, 0.717) is 17.8 Å². The lowest BCUT2D eigenvalue weighted by molar-refractivity contribution is 0.229. The lowest BCUT2D eigenvalue weighted by Gasteiger charge is -2.32. The number of hydrazine groups is 1. The lowest BCUT2D eigenvalue weighted by Crippen LogP contribution is -2.43. The molecule has 0 aromatic carbocycles. The van der Waals surface area contributed by atoms with Gasteiger partial charge in [-0.3, -0.25) is 11.3 Å². The first-order chi connectivity index (χ1) is 8.69. The first-order valence-corrected chi connectivity index (χ1v) is 6.85. The average Bonchev–Trinajstić information content (AvgIpc) is 2.37. The molecule has 1 aromatic heterocycles. The largest absolute Gasteiger partial charge is 0.384 e. The maximum atomic E-state index is 5.73. The molecule has 1 aliphatic rings. The number of aromatic nitrogens is 1. The Morgan fingerprint density at radius 3 is 2.72 bits per heavy atom. The van der Waals surface area contributed by atoms with E-state index in [1.165, 1.54) is 31.2 Å². The summed E-state index contributed by atoms with van der Waals surface area (Å²) < 4.78 is 0. The summed E-state index contributed by atoms with van der Waals surface area (Å²) in [7, 11) is 0. The smallest absolute Gasteiger partial charge is 0.123 e. The van der Waals surface area contributed by atoms with Gasteiger partial charge in [-0.25, -0.2) is 4.98 Å². The molecular weight excluding hydrogens is 224 g/mol. The summed E-state index contributed by atoms with van der Waals surface area (Å²) in [4.78, 5) is 4.02. The number of rotatable bonds is 4. The Morgan fingerprint density at radius 2 is 2.11 bits per heavy atom. The van der Waals surface area contributed by atoms with Gasteiger partial charge in [0.15, 0.2) is 0 Å². The minimum absolute atomic E-state index is 0.347. The molecule has 0 amide bonds. The molecule has 0 radical (unpaired) electrons. The number of nitrogens with one attached hydrogen (secondary N) is 1. The van der Waals surface area contributed by atoms with Crippen molar-refractivity contribution in [3.63, 3.8) is 0 Å². The van der Waals surface area contributed by atoms with E-state index in [9.17, 15) is 0 Å². The Labute approximate surface area is 109 Å². The van der Waals surface area contributed by atoms with Gasteiger partial charge in [0.1, 0.15) is 5.82 Å². The molecule has 4 nitrogen and oxygen atoms in total. The van der Waals surface area contributed by atoms with Gasteiger partial charge in [0.25, 0.3) is 0 Å². The van der Waals surface area contributed by atoms with Crippen molar-refractivity contribution >= 4 is 5.82 Å². The molecule has 0 spiro atoms.